The van der Waals surface area contributed by atoms with E-state index in [1.54, 1.807) is 54.6 Å². The predicted molar refractivity (Wildman–Crippen MR) is 142 cm³/mol. The summed E-state index contributed by atoms with van der Waals surface area (Å²) in [5.41, 5.74) is 3.85. The van der Waals surface area contributed by atoms with Crippen LogP contribution in [0, 0.1) is 0 Å². The molecule has 11 heteroatoms. The molecular formula is C25H20Cl2N4O4S. The number of amides is 3. The van der Waals surface area contributed by atoms with Crippen molar-refractivity contribution in [2.24, 2.45) is 0 Å². The van der Waals surface area contributed by atoms with E-state index in [-0.39, 0.29) is 11.5 Å². The quantitative estimate of drug-likeness (QED) is 0.421. The van der Waals surface area contributed by atoms with Crippen LogP contribution in [0.4, 0.5) is 11.4 Å². The average Bonchev–Trinajstić information content (AvgIpc) is 3.07. The summed E-state index contributed by atoms with van der Waals surface area (Å²) in [6, 6.07) is 18.8. The topological polar surface area (TPSA) is 91.0 Å². The van der Waals surface area contributed by atoms with Crippen LogP contribution in [0.25, 0.3) is 0 Å². The maximum Gasteiger partial charge on any atom is 0.270 e. The molecule has 1 aliphatic heterocycles. The molecule has 0 aromatic heterocycles. The van der Waals surface area contributed by atoms with Gasteiger partial charge in [0.15, 0.2) is 0 Å². The summed E-state index contributed by atoms with van der Waals surface area (Å²) < 4.78 is 5.18. The van der Waals surface area contributed by atoms with E-state index in [1.165, 1.54) is 35.2 Å². The normalized spacial score (nSPS) is 15.1. The third-order valence-corrected chi connectivity index (χ3v) is 6.12. The minimum absolute atomic E-state index is 0.0334. The van der Waals surface area contributed by atoms with E-state index in [2.05, 4.69) is 10.7 Å². The highest BCUT2D eigenvalue weighted by molar-refractivity contribution is 7.80. The van der Waals surface area contributed by atoms with Crippen molar-refractivity contribution in [3.05, 3.63) is 88.4 Å². The van der Waals surface area contributed by atoms with Crippen LogP contribution in [0.5, 0.6) is 5.75 Å². The predicted octanol–water partition coefficient (Wildman–Crippen LogP) is 4.68. The van der Waals surface area contributed by atoms with E-state index in [9.17, 15) is 14.4 Å². The van der Waals surface area contributed by atoms with Crippen molar-refractivity contribution in [2.45, 2.75) is 12.5 Å². The molecule has 0 aliphatic carbocycles. The number of rotatable bonds is 7. The summed E-state index contributed by atoms with van der Waals surface area (Å²) in [5, 5.41) is 4.64. The SMILES string of the molecule is COc1cccc(C(=O)NN2C(=S)N(c3ccccc3)C(=O)C2CC(=O)Nc2cc(Cl)cc(Cl)c2)c1. The molecule has 3 aromatic carbocycles. The lowest BCUT2D eigenvalue weighted by atomic mass is 10.1. The lowest BCUT2D eigenvalue weighted by Crippen LogP contribution is -2.49. The Kier molecular flexibility index (Phi) is 7.73. The Morgan fingerprint density at radius 1 is 1.00 bits per heavy atom. The van der Waals surface area contributed by atoms with Gasteiger partial charge < -0.3 is 10.1 Å². The number of hydrogen-bond donors (Lipinski definition) is 2. The fourth-order valence-electron chi connectivity index (χ4n) is 3.67. The monoisotopic (exact) mass is 542 g/mol. The third-order valence-electron chi connectivity index (χ3n) is 5.31. The Labute approximate surface area is 222 Å². The van der Waals surface area contributed by atoms with Gasteiger partial charge >= 0.3 is 0 Å². The van der Waals surface area contributed by atoms with E-state index < -0.39 is 23.8 Å². The molecule has 0 spiro atoms. The van der Waals surface area contributed by atoms with Crippen LogP contribution >= 0.6 is 35.4 Å². The number of hydrazine groups is 1. The zero-order valence-corrected chi connectivity index (χ0v) is 21.2. The van der Waals surface area contributed by atoms with Crippen LogP contribution in [0.3, 0.4) is 0 Å². The fourth-order valence-corrected chi connectivity index (χ4v) is 4.56. The van der Waals surface area contributed by atoms with Crippen molar-refractivity contribution in [3.63, 3.8) is 0 Å². The molecule has 3 aromatic rings. The van der Waals surface area contributed by atoms with Crippen LogP contribution in [0.15, 0.2) is 72.8 Å². The van der Waals surface area contributed by atoms with Crippen LogP contribution in [0.2, 0.25) is 10.0 Å². The highest BCUT2D eigenvalue weighted by atomic mass is 35.5. The van der Waals surface area contributed by atoms with Crippen LogP contribution in [0.1, 0.15) is 16.8 Å². The Balaban J connectivity index is 1.60. The van der Waals surface area contributed by atoms with Gasteiger partial charge in [0.05, 0.1) is 19.2 Å². The van der Waals surface area contributed by atoms with Crippen LogP contribution in [-0.4, -0.2) is 41.0 Å². The van der Waals surface area contributed by atoms with Crippen molar-refractivity contribution in [1.29, 1.82) is 0 Å². The Hall–Kier alpha value is -3.66. The standard InChI is InChI=1S/C25H20Cl2N4O4S/c1-35-20-9-5-6-15(10-20)23(33)29-31-21(14-22(32)28-18-12-16(26)11-17(27)13-18)24(34)30(25(31)36)19-7-3-2-4-8-19/h2-13,21H,14H2,1H3,(H,28,32)(H,29,33). The number of nitrogens with one attached hydrogen (secondary N) is 2. The zero-order valence-electron chi connectivity index (χ0n) is 18.9. The minimum atomic E-state index is -1.10. The minimum Gasteiger partial charge on any atom is -0.497 e. The zero-order chi connectivity index (χ0) is 25.8. The summed E-state index contributed by atoms with van der Waals surface area (Å²) in [6.45, 7) is 0. The Morgan fingerprint density at radius 3 is 2.36 bits per heavy atom. The lowest BCUT2D eigenvalue weighted by Gasteiger charge is -2.24. The second-order valence-corrected chi connectivity index (χ2v) is 9.00. The molecule has 184 valence electrons. The number of carbonyl (C=O) groups excluding carboxylic acids is 3. The van der Waals surface area contributed by atoms with E-state index >= 15 is 0 Å². The first-order chi connectivity index (χ1) is 17.3. The number of carbonyl (C=O) groups is 3. The molecule has 0 bridgehead atoms. The molecule has 3 amide bonds. The molecule has 2 N–H and O–H groups in total. The van der Waals surface area contributed by atoms with Gasteiger partial charge in [0.1, 0.15) is 11.8 Å². The van der Waals surface area contributed by atoms with E-state index in [4.69, 9.17) is 40.2 Å². The summed E-state index contributed by atoms with van der Waals surface area (Å²) in [5.74, 6) is -0.989. The van der Waals surface area contributed by atoms with Crippen molar-refractivity contribution in [1.82, 2.24) is 10.4 Å². The number of methoxy groups -OCH3 is 1. The van der Waals surface area contributed by atoms with Gasteiger partial charge in [-0.25, -0.2) is 5.01 Å². The van der Waals surface area contributed by atoms with E-state index in [1.807, 2.05) is 0 Å². The average molecular weight is 543 g/mol. The summed E-state index contributed by atoms with van der Waals surface area (Å²) in [4.78, 5) is 40.7. The van der Waals surface area contributed by atoms with Crippen LogP contribution < -0.4 is 20.4 Å². The Bertz CT molecular complexity index is 1320. The maximum atomic E-state index is 13.4. The van der Waals surface area contributed by atoms with Crippen molar-refractivity contribution in [2.75, 3.05) is 17.3 Å². The van der Waals surface area contributed by atoms with Gasteiger partial charge in [0, 0.05) is 21.3 Å². The van der Waals surface area contributed by atoms with Gasteiger partial charge in [0.2, 0.25) is 11.0 Å². The number of anilines is 2. The molecule has 1 unspecified atom stereocenters. The lowest BCUT2D eigenvalue weighted by molar-refractivity contribution is -0.124. The maximum absolute atomic E-state index is 13.4. The van der Waals surface area contributed by atoms with Gasteiger partial charge in [-0.05, 0) is 60.7 Å². The fraction of sp³-hybridized carbons (Fsp3) is 0.120. The first-order valence-corrected chi connectivity index (χ1v) is 11.9. The number of halogens is 2. The first kappa shape index (κ1) is 25.4. The molecule has 8 nitrogen and oxygen atoms in total. The largest absolute Gasteiger partial charge is 0.497 e. The number of thiocarbonyl (C=S) groups is 1. The second kappa shape index (κ2) is 10.9. The highest BCUT2D eigenvalue weighted by Crippen LogP contribution is 2.27. The second-order valence-electron chi connectivity index (χ2n) is 7.76. The van der Waals surface area contributed by atoms with Gasteiger partial charge in [-0.2, -0.15) is 0 Å². The van der Waals surface area contributed by atoms with Gasteiger partial charge in [0.25, 0.3) is 11.8 Å². The highest BCUT2D eigenvalue weighted by Gasteiger charge is 2.45. The van der Waals surface area contributed by atoms with Gasteiger partial charge in [-0.1, -0.05) is 47.5 Å². The first-order valence-electron chi connectivity index (χ1n) is 10.7. The van der Waals surface area contributed by atoms with Gasteiger partial charge in [-0.15, -0.1) is 0 Å². The van der Waals surface area contributed by atoms with Crippen molar-refractivity contribution in [3.8, 4) is 5.75 Å². The molecule has 1 atom stereocenters. The smallest absolute Gasteiger partial charge is 0.270 e. The number of nitrogens with zero attached hydrogens (tertiary/aromatic N) is 2. The number of hydrogen-bond acceptors (Lipinski definition) is 5. The number of para-hydroxylation sites is 1. The molecule has 0 saturated carbocycles. The van der Waals surface area contributed by atoms with E-state index in [0.717, 1.165) is 0 Å². The molecule has 1 fully saturated rings. The van der Waals surface area contributed by atoms with E-state index in [0.29, 0.717) is 32.7 Å². The van der Waals surface area contributed by atoms with Crippen molar-refractivity contribution < 1.29 is 19.1 Å². The number of ether oxygens (including phenoxy) is 1. The summed E-state index contributed by atoms with van der Waals surface area (Å²) in [7, 11) is 1.49. The Morgan fingerprint density at radius 2 is 1.69 bits per heavy atom. The molecule has 1 heterocycles. The summed E-state index contributed by atoms with van der Waals surface area (Å²) >= 11 is 17.6. The van der Waals surface area contributed by atoms with Gasteiger partial charge in [-0.3, -0.25) is 24.7 Å². The molecule has 1 saturated heterocycles. The van der Waals surface area contributed by atoms with Crippen LogP contribution in [-0.2, 0) is 9.59 Å². The third kappa shape index (κ3) is 5.59. The molecule has 0 radical (unpaired) electrons. The molecule has 4 rings (SSSR count). The number of benzene rings is 3. The molecule has 1 aliphatic rings. The molecular weight excluding hydrogens is 523 g/mol. The summed E-state index contributed by atoms with van der Waals surface area (Å²) in [6.07, 6.45) is -0.301. The molecule has 36 heavy (non-hydrogen) atoms. The van der Waals surface area contributed by atoms with Crippen molar-refractivity contribution >= 4 is 69.6 Å².